The maximum atomic E-state index is 11.9. The molecule has 2 fully saturated rings. The Balaban J connectivity index is 1.45. The average Bonchev–Trinajstić information content (AvgIpc) is 3.08. The van der Waals surface area contributed by atoms with E-state index in [4.69, 9.17) is 14.2 Å². The van der Waals surface area contributed by atoms with Gasteiger partial charge in [-0.15, -0.1) is 0 Å². The smallest absolute Gasteiger partial charge is 0.344 e. The Labute approximate surface area is 179 Å². The molecule has 1 N–H and O–H groups in total. The molecule has 1 aliphatic heterocycles. The fourth-order valence-electron chi connectivity index (χ4n) is 4.31. The van der Waals surface area contributed by atoms with Crippen molar-refractivity contribution in [3.8, 4) is 5.75 Å². The van der Waals surface area contributed by atoms with Gasteiger partial charge in [0.15, 0.2) is 12.4 Å². The van der Waals surface area contributed by atoms with Crippen LogP contribution in [0.15, 0.2) is 24.3 Å². The number of Topliss-reactive ketones (excluding diaryl/α,β-unsaturated/α-hetero) is 1. The molecule has 1 saturated carbocycles. The number of unbranched alkanes of at least 4 members (excludes halogenated alkanes) is 1. The molecule has 1 aliphatic carbocycles. The molecular formula is C24H35NO5. The minimum Gasteiger partial charge on any atom is -0.482 e. The van der Waals surface area contributed by atoms with Crippen molar-refractivity contribution < 1.29 is 23.8 Å². The molecule has 0 amide bonds. The zero-order valence-corrected chi connectivity index (χ0v) is 18.2. The quantitative estimate of drug-likeness (QED) is 0.461. The van der Waals surface area contributed by atoms with Crippen LogP contribution in [0.2, 0.25) is 0 Å². The highest BCUT2D eigenvalue weighted by atomic mass is 16.6. The van der Waals surface area contributed by atoms with Crippen LogP contribution in [0.3, 0.4) is 0 Å². The summed E-state index contributed by atoms with van der Waals surface area (Å²) in [7, 11) is 0. The van der Waals surface area contributed by atoms with E-state index in [1.807, 2.05) is 25.1 Å². The highest BCUT2D eigenvalue weighted by Gasteiger charge is 2.31. The molecule has 1 aromatic rings. The number of hydrogen-bond donors (Lipinski definition) is 1. The van der Waals surface area contributed by atoms with E-state index in [0.717, 1.165) is 49.8 Å². The fraction of sp³-hybridized carbons (Fsp3) is 0.667. The van der Waals surface area contributed by atoms with Crippen molar-refractivity contribution in [2.24, 2.45) is 0 Å². The lowest BCUT2D eigenvalue weighted by Crippen LogP contribution is -2.36. The lowest BCUT2D eigenvalue weighted by atomic mass is 9.82. The highest BCUT2D eigenvalue weighted by Crippen LogP contribution is 2.38. The number of carbonyl (C=O) groups excluding carboxylic acids is 2. The van der Waals surface area contributed by atoms with Crippen molar-refractivity contribution in [2.45, 2.75) is 82.9 Å². The lowest BCUT2D eigenvalue weighted by Gasteiger charge is -2.30. The number of nitrogens with one attached hydrogen (secondary N) is 1. The van der Waals surface area contributed by atoms with E-state index in [0.29, 0.717) is 25.6 Å². The molecule has 0 aromatic heterocycles. The number of ketones is 1. The fourth-order valence-corrected chi connectivity index (χ4v) is 4.31. The van der Waals surface area contributed by atoms with Crippen LogP contribution >= 0.6 is 0 Å². The predicted molar refractivity (Wildman–Crippen MR) is 115 cm³/mol. The van der Waals surface area contributed by atoms with E-state index in [-0.39, 0.29) is 36.5 Å². The summed E-state index contributed by atoms with van der Waals surface area (Å²) >= 11 is 0. The van der Waals surface area contributed by atoms with Crippen molar-refractivity contribution in [1.29, 1.82) is 0 Å². The van der Waals surface area contributed by atoms with Crippen molar-refractivity contribution in [1.82, 2.24) is 5.32 Å². The van der Waals surface area contributed by atoms with Gasteiger partial charge >= 0.3 is 5.97 Å². The summed E-state index contributed by atoms with van der Waals surface area (Å²) in [6, 6.07) is 8.07. The summed E-state index contributed by atoms with van der Waals surface area (Å²) < 4.78 is 17.0. The first-order chi connectivity index (χ1) is 14.6. The SMILES string of the molecule is CCCCOC(=O)COc1ccccc1C1CCC(OCC2N[C@H](C)CC2=O)CC1. The van der Waals surface area contributed by atoms with Gasteiger partial charge in [-0.1, -0.05) is 31.5 Å². The zero-order chi connectivity index (χ0) is 21.3. The molecule has 166 valence electrons. The third-order valence-corrected chi connectivity index (χ3v) is 6.02. The van der Waals surface area contributed by atoms with Crippen LogP contribution in [-0.2, 0) is 19.1 Å². The van der Waals surface area contributed by atoms with Crippen molar-refractivity contribution >= 4 is 11.8 Å². The van der Waals surface area contributed by atoms with E-state index in [9.17, 15) is 9.59 Å². The van der Waals surface area contributed by atoms with Gasteiger partial charge in [0.25, 0.3) is 0 Å². The number of rotatable bonds is 10. The van der Waals surface area contributed by atoms with Crippen LogP contribution in [0.1, 0.15) is 70.3 Å². The Morgan fingerprint density at radius 2 is 1.93 bits per heavy atom. The Morgan fingerprint density at radius 1 is 1.17 bits per heavy atom. The number of hydrogen-bond acceptors (Lipinski definition) is 6. The first-order valence-electron chi connectivity index (χ1n) is 11.3. The summed E-state index contributed by atoms with van der Waals surface area (Å²) in [6.07, 6.45) is 6.62. The molecule has 0 radical (unpaired) electrons. The molecule has 6 heteroatoms. The second kappa shape index (κ2) is 11.5. The number of para-hydroxylation sites is 1. The highest BCUT2D eigenvalue weighted by molar-refractivity contribution is 5.86. The third kappa shape index (κ3) is 6.54. The van der Waals surface area contributed by atoms with Gasteiger partial charge in [0.1, 0.15) is 5.75 Å². The van der Waals surface area contributed by atoms with Gasteiger partial charge < -0.3 is 19.5 Å². The van der Waals surface area contributed by atoms with Crippen molar-refractivity contribution in [3.63, 3.8) is 0 Å². The van der Waals surface area contributed by atoms with Gasteiger partial charge in [0.2, 0.25) is 0 Å². The molecule has 0 bridgehead atoms. The number of carbonyl (C=O) groups is 2. The maximum Gasteiger partial charge on any atom is 0.344 e. The summed E-state index contributed by atoms with van der Waals surface area (Å²) in [5.74, 6) is 1.10. The van der Waals surface area contributed by atoms with Gasteiger partial charge in [-0.3, -0.25) is 4.79 Å². The van der Waals surface area contributed by atoms with Crippen LogP contribution in [0.4, 0.5) is 0 Å². The van der Waals surface area contributed by atoms with Gasteiger partial charge in [-0.25, -0.2) is 4.79 Å². The number of ether oxygens (including phenoxy) is 3. The van der Waals surface area contributed by atoms with E-state index >= 15 is 0 Å². The molecule has 30 heavy (non-hydrogen) atoms. The summed E-state index contributed by atoms with van der Waals surface area (Å²) in [4.78, 5) is 23.8. The molecule has 2 atom stereocenters. The number of esters is 1. The Hall–Kier alpha value is -1.92. The molecule has 2 aliphatic rings. The van der Waals surface area contributed by atoms with Crippen LogP contribution in [0, 0.1) is 0 Å². The van der Waals surface area contributed by atoms with Crippen LogP contribution in [-0.4, -0.2) is 49.8 Å². The normalized spacial score (nSPS) is 26.5. The van der Waals surface area contributed by atoms with E-state index in [1.54, 1.807) is 0 Å². The van der Waals surface area contributed by atoms with Crippen molar-refractivity contribution in [2.75, 3.05) is 19.8 Å². The second-order valence-electron chi connectivity index (χ2n) is 8.50. The predicted octanol–water partition coefficient (Wildman–Crippen LogP) is 3.77. The molecule has 3 rings (SSSR count). The van der Waals surface area contributed by atoms with Crippen molar-refractivity contribution in [3.05, 3.63) is 29.8 Å². The second-order valence-corrected chi connectivity index (χ2v) is 8.50. The largest absolute Gasteiger partial charge is 0.482 e. The first kappa shape index (κ1) is 22.8. The van der Waals surface area contributed by atoms with Gasteiger partial charge in [0, 0.05) is 12.5 Å². The number of benzene rings is 1. The molecule has 1 unspecified atom stereocenters. The van der Waals surface area contributed by atoms with Gasteiger partial charge in [-0.05, 0) is 56.6 Å². The Morgan fingerprint density at radius 3 is 2.63 bits per heavy atom. The summed E-state index contributed by atoms with van der Waals surface area (Å²) in [6.45, 7) is 4.96. The maximum absolute atomic E-state index is 11.9. The Bertz CT molecular complexity index is 699. The van der Waals surface area contributed by atoms with E-state index < -0.39 is 0 Å². The average molecular weight is 418 g/mol. The molecular weight excluding hydrogens is 382 g/mol. The van der Waals surface area contributed by atoms with E-state index in [1.165, 1.54) is 0 Å². The molecule has 0 spiro atoms. The summed E-state index contributed by atoms with van der Waals surface area (Å²) in [5, 5.41) is 3.30. The van der Waals surface area contributed by atoms with Crippen LogP contribution in [0.5, 0.6) is 5.75 Å². The standard InChI is InChI=1S/C24H35NO5/c1-3-4-13-28-24(27)16-30-23-8-6-5-7-20(23)18-9-11-19(12-10-18)29-15-21-22(26)14-17(2)25-21/h5-8,17-19,21,25H,3-4,9-16H2,1-2H3/t17-,18?,19?,21?/m1/s1. The van der Waals surface area contributed by atoms with Crippen LogP contribution in [0.25, 0.3) is 0 Å². The third-order valence-electron chi connectivity index (χ3n) is 6.02. The van der Waals surface area contributed by atoms with Gasteiger partial charge in [-0.2, -0.15) is 0 Å². The monoisotopic (exact) mass is 417 g/mol. The molecule has 1 saturated heterocycles. The zero-order valence-electron chi connectivity index (χ0n) is 18.2. The first-order valence-corrected chi connectivity index (χ1v) is 11.3. The topological polar surface area (TPSA) is 73.9 Å². The van der Waals surface area contributed by atoms with Crippen LogP contribution < -0.4 is 10.1 Å². The Kier molecular flexibility index (Phi) is 8.70. The van der Waals surface area contributed by atoms with Gasteiger partial charge in [0.05, 0.1) is 25.4 Å². The summed E-state index contributed by atoms with van der Waals surface area (Å²) in [5.41, 5.74) is 1.15. The van der Waals surface area contributed by atoms with E-state index in [2.05, 4.69) is 18.3 Å². The minimum absolute atomic E-state index is 0.0555. The minimum atomic E-state index is -0.320. The molecule has 6 nitrogen and oxygen atoms in total. The lowest BCUT2D eigenvalue weighted by molar-refractivity contribution is -0.146. The molecule has 1 heterocycles. The molecule has 1 aromatic carbocycles.